The van der Waals surface area contributed by atoms with E-state index in [9.17, 15) is 27.6 Å². The number of carbonyl (C=O) groups is 4. The zero-order chi connectivity index (χ0) is 34.3. The predicted molar refractivity (Wildman–Crippen MR) is 164 cm³/mol. The van der Waals surface area contributed by atoms with Crippen LogP contribution in [0.2, 0.25) is 0 Å². The molecule has 1 aromatic carbocycles. The van der Waals surface area contributed by atoms with Gasteiger partial charge in [0, 0.05) is 35.8 Å². The number of esters is 4. The maximum Gasteiger partial charge on any atom is 0.333 e. The molecule has 1 fully saturated rings. The van der Waals surface area contributed by atoms with Gasteiger partial charge in [-0.3, -0.25) is 0 Å². The van der Waals surface area contributed by atoms with Gasteiger partial charge in [-0.05, 0) is 39.8 Å². The number of aliphatic hydroxyl groups excluding tert-OH is 1. The third-order valence-corrected chi connectivity index (χ3v) is 6.41. The molecule has 0 aromatic heterocycles. The Bertz CT molecular complexity index is 1230. The van der Waals surface area contributed by atoms with Crippen molar-refractivity contribution in [2.24, 2.45) is 0 Å². The molecule has 0 spiro atoms. The van der Waals surface area contributed by atoms with E-state index in [4.69, 9.17) is 19.3 Å². The molecule has 0 bridgehead atoms. The number of epoxide rings is 1. The second kappa shape index (κ2) is 23.4. The van der Waals surface area contributed by atoms with Crippen molar-refractivity contribution in [1.82, 2.24) is 0 Å². The lowest BCUT2D eigenvalue weighted by molar-refractivity contribution is -0.140. The fourth-order valence-corrected chi connectivity index (χ4v) is 3.25. The second-order valence-electron chi connectivity index (χ2n) is 9.10. The lowest BCUT2D eigenvalue weighted by Crippen LogP contribution is -2.15. The van der Waals surface area contributed by atoms with Crippen molar-refractivity contribution in [1.29, 1.82) is 0 Å². The third kappa shape index (κ3) is 22.5. The lowest BCUT2D eigenvalue weighted by atomic mass is 10.2. The highest BCUT2D eigenvalue weighted by molar-refractivity contribution is 7.91. The lowest BCUT2D eigenvalue weighted by Gasteiger charge is -2.06. The first kappa shape index (κ1) is 42.1. The summed E-state index contributed by atoms with van der Waals surface area (Å²) in [6.45, 7) is 21.2. The topological polar surface area (TPSA) is 172 Å². The number of hydrogen-bond donors (Lipinski definition) is 1. The van der Waals surface area contributed by atoms with Crippen molar-refractivity contribution in [3.05, 3.63) is 78.9 Å². The molecule has 1 unspecified atom stereocenters. The monoisotopic (exact) mass is 640 g/mol. The Labute approximate surface area is 259 Å². The smallest absolute Gasteiger partial charge is 0.333 e. The zero-order valence-corrected chi connectivity index (χ0v) is 26.9. The van der Waals surface area contributed by atoms with Crippen LogP contribution in [-0.2, 0) is 52.7 Å². The molecule has 13 heteroatoms. The van der Waals surface area contributed by atoms with Crippen LogP contribution >= 0.6 is 0 Å². The van der Waals surface area contributed by atoms with E-state index in [-0.39, 0.29) is 54.1 Å². The van der Waals surface area contributed by atoms with E-state index in [2.05, 4.69) is 35.8 Å². The number of carbonyl (C=O) groups excluding carboxylic acids is 4. The van der Waals surface area contributed by atoms with E-state index >= 15 is 0 Å². The van der Waals surface area contributed by atoms with E-state index < -0.39 is 21.8 Å². The number of aliphatic hydroxyl groups is 1. The molecule has 2 rings (SSSR count). The fraction of sp³-hybridized carbons (Fsp3) is 0.419. The number of rotatable bonds is 13. The van der Waals surface area contributed by atoms with E-state index in [1.54, 1.807) is 38.1 Å². The molecule has 0 aliphatic carbocycles. The second-order valence-corrected chi connectivity index (χ2v) is 11.2. The molecule has 1 aliphatic rings. The molecule has 1 heterocycles. The van der Waals surface area contributed by atoms with Crippen LogP contribution in [0.1, 0.15) is 32.8 Å². The minimum absolute atomic E-state index is 0.0461. The van der Waals surface area contributed by atoms with Crippen molar-refractivity contribution in [2.45, 2.75) is 45.1 Å². The Kier molecular flexibility index (Phi) is 22.4. The average Bonchev–Trinajstić information content (AvgIpc) is 3.81. The molecule has 1 N–H and O–H groups in total. The Morgan fingerprint density at radius 1 is 0.909 bits per heavy atom. The molecular formula is C31H44O12S. The average molecular weight is 641 g/mol. The first-order valence-corrected chi connectivity index (χ1v) is 14.9. The van der Waals surface area contributed by atoms with Gasteiger partial charge in [0.05, 0.1) is 31.0 Å². The van der Waals surface area contributed by atoms with Gasteiger partial charge in [0.2, 0.25) is 0 Å². The number of methoxy groups -OCH3 is 1. The molecule has 1 aliphatic heterocycles. The molecule has 0 saturated carbocycles. The molecule has 0 radical (unpaired) electrons. The van der Waals surface area contributed by atoms with E-state index in [1.165, 1.54) is 14.0 Å². The predicted octanol–water partition coefficient (Wildman–Crippen LogP) is 3.23. The molecule has 1 aromatic rings. The number of ether oxygens (including phenoxy) is 5. The molecule has 246 valence electrons. The summed E-state index contributed by atoms with van der Waals surface area (Å²) in [4.78, 5) is 42.5. The molecular weight excluding hydrogens is 596 g/mol. The highest BCUT2D eigenvalue weighted by Crippen LogP contribution is 2.12. The van der Waals surface area contributed by atoms with Crippen molar-refractivity contribution in [2.75, 3.05) is 45.9 Å². The Balaban J connectivity index is 0. The van der Waals surface area contributed by atoms with Gasteiger partial charge < -0.3 is 28.8 Å². The largest absolute Gasteiger partial charge is 0.466 e. The van der Waals surface area contributed by atoms with Crippen LogP contribution in [-0.4, -0.2) is 89.4 Å². The first-order chi connectivity index (χ1) is 20.5. The SMILES string of the molecule is C=C(C)C(=O)OC.C=C(C)C(=O)OCC1CO1.C=C(C)C(=O)OCCS(=O)(=O)c1ccc(C)cc1.C=CC(=O)OCCCO. The summed E-state index contributed by atoms with van der Waals surface area (Å²) >= 11 is 0. The fourth-order valence-electron chi connectivity index (χ4n) is 2.16. The molecule has 12 nitrogen and oxygen atoms in total. The maximum absolute atomic E-state index is 11.9. The highest BCUT2D eigenvalue weighted by Gasteiger charge is 2.24. The van der Waals surface area contributed by atoms with Crippen molar-refractivity contribution >= 4 is 33.7 Å². The zero-order valence-electron chi connectivity index (χ0n) is 26.1. The molecule has 1 atom stereocenters. The third-order valence-electron chi connectivity index (χ3n) is 4.71. The number of benzene rings is 1. The van der Waals surface area contributed by atoms with Gasteiger partial charge >= 0.3 is 23.9 Å². The van der Waals surface area contributed by atoms with Crippen LogP contribution in [0.4, 0.5) is 0 Å². The number of hydrogen-bond acceptors (Lipinski definition) is 12. The van der Waals surface area contributed by atoms with Crippen LogP contribution in [0.15, 0.2) is 78.3 Å². The van der Waals surface area contributed by atoms with Gasteiger partial charge in [-0.15, -0.1) is 0 Å². The van der Waals surface area contributed by atoms with E-state index in [0.29, 0.717) is 30.8 Å². The molecule has 44 heavy (non-hydrogen) atoms. The normalized spacial score (nSPS) is 12.5. The Morgan fingerprint density at radius 3 is 1.80 bits per heavy atom. The Hall–Kier alpha value is -4.07. The van der Waals surface area contributed by atoms with Crippen molar-refractivity contribution < 1.29 is 56.4 Å². The minimum Gasteiger partial charge on any atom is -0.466 e. The summed E-state index contributed by atoms with van der Waals surface area (Å²) in [5, 5.41) is 8.23. The van der Waals surface area contributed by atoms with Gasteiger partial charge in [-0.25, -0.2) is 27.6 Å². The standard InChI is InChI=1S/C13H16O4S.C7H10O3.C6H10O3.C5H8O2/c1-10(2)13(14)17-8-9-18(15,16)12-6-4-11(3)5-7-12;1-5(2)7(8)10-4-6-3-9-6;1-2-6(8)9-5-3-4-7;1-4(2)5(6)7-3/h4-7H,1,8-9H2,2-3H3;6H,1,3-4H2,2H3;2,7H,1,3-5H2;1H2,2-3H3. The summed E-state index contributed by atoms with van der Waals surface area (Å²) in [5.74, 6) is -1.93. The number of aryl methyl sites for hydroxylation is 1. The molecule has 0 amide bonds. The van der Waals surface area contributed by atoms with E-state index in [0.717, 1.165) is 11.6 Å². The van der Waals surface area contributed by atoms with Gasteiger partial charge in [0.15, 0.2) is 9.84 Å². The maximum atomic E-state index is 11.9. The summed E-state index contributed by atoms with van der Waals surface area (Å²) in [7, 11) is -2.07. The van der Waals surface area contributed by atoms with Crippen LogP contribution in [0.5, 0.6) is 0 Å². The summed E-state index contributed by atoms with van der Waals surface area (Å²) < 4.78 is 46.9. The summed E-state index contributed by atoms with van der Waals surface area (Å²) in [5.41, 5.74) is 2.11. The van der Waals surface area contributed by atoms with Gasteiger partial charge in [0.1, 0.15) is 19.3 Å². The quantitative estimate of drug-likeness (QED) is 0.110. The summed E-state index contributed by atoms with van der Waals surface area (Å²) in [6, 6.07) is 6.55. The molecule has 1 saturated heterocycles. The van der Waals surface area contributed by atoms with Gasteiger partial charge in [-0.2, -0.15) is 0 Å². The van der Waals surface area contributed by atoms with E-state index in [1.807, 2.05) is 6.92 Å². The minimum atomic E-state index is -3.41. The van der Waals surface area contributed by atoms with Crippen LogP contribution in [0, 0.1) is 6.92 Å². The number of sulfone groups is 1. The Morgan fingerprint density at radius 2 is 1.41 bits per heavy atom. The van der Waals surface area contributed by atoms with Crippen molar-refractivity contribution in [3.8, 4) is 0 Å². The van der Waals surface area contributed by atoms with Crippen LogP contribution in [0.3, 0.4) is 0 Å². The van der Waals surface area contributed by atoms with Crippen molar-refractivity contribution in [3.63, 3.8) is 0 Å². The van der Waals surface area contributed by atoms with Gasteiger partial charge in [0.25, 0.3) is 0 Å². The van der Waals surface area contributed by atoms with Gasteiger partial charge in [-0.1, -0.05) is 44.0 Å². The van der Waals surface area contributed by atoms with Crippen LogP contribution < -0.4 is 0 Å². The highest BCUT2D eigenvalue weighted by atomic mass is 32.2. The first-order valence-electron chi connectivity index (χ1n) is 13.2. The summed E-state index contributed by atoms with van der Waals surface area (Å²) in [6.07, 6.45) is 1.72. The van der Waals surface area contributed by atoms with Crippen LogP contribution in [0.25, 0.3) is 0 Å².